The van der Waals surface area contributed by atoms with Crippen LogP contribution in [0.4, 0.5) is 18.0 Å². The Morgan fingerprint density at radius 1 is 0.868 bits per heavy atom. The Morgan fingerprint density at radius 3 is 2.13 bits per heavy atom. The first-order valence-corrected chi connectivity index (χ1v) is 13.8. The number of benzene rings is 3. The average Bonchev–Trinajstić information content (AvgIpc) is 2.81. The molecule has 0 bridgehead atoms. The molecule has 0 aliphatic carbocycles. The zero-order valence-electron chi connectivity index (χ0n) is 21.1. The third-order valence-corrected chi connectivity index (χ3v) is 6.97. The third-order valence-electron chi connectivity index (χ3n) is 4.99. The first-order valence-electron chi connectivity index (χ1n) is 11.6. The van der Waals surface area contributed by atoms with Crippen molar-refractivity contribution < 1.29 is 35.3 Å². The number of halogens is 3. The van der Waals surface area contributed by atoms with Gasteiger partial charge in [0.15, 0.2) is 0 Å². The number of hydrogen-bond donors (Lipinski definition) is 0. The molecular formula is C27H28F3NO5S2. The third kappa shape index (κ3) is 8.98. The zero-order chi connectivity index (χ0) is 28.0. The number of carbonyl (C=O) groups excluding carboxylic acids is 1. The van der Waals surface area contributed by atoms with Gasteiger partial charge >= 0.3 is 21.7 Å². The van der Waals surface area contributed by atoms with Gasteiger partial charge in [0.1, 0.15) is 11.4 Å². The summed E-state index contributed by atoms with van der Waals surface area (Å²) in [7, 11) is -5.74. The summed E-state index contributed by atoms with van der Waals surface area (Å²) in [6, 6.07) is 22.5. The number of rotatable bonds is 9. The predicted octanol–water partition coefficient (Wildman–Crippen LogP) is 7.05. The van der Waals surface area contributed by atoms with E-state index >= 15 is 0 Å². The molecule has 0 spiro atoms. The standard InChI is InChI=1S/C27H28F3NO5S2/c1-26(2,3)35-25(32)31(19-21-8-5-4-6-9-21)17-16-20-12-14-23(15-13-20)37-24-11-7-10-22(18-24)36-38(33,34)27(28,29)30/h4-15,18H,16-17,19H2,1-3H3. The molecule has 0 atom stereocenters. The van der Waals surface area contributed by atoms with E-state index in [0.717, 1.165) is 22.1 Å². The molecule has 0 N–H and O–H groups in total. The largest absolute Gasteiger partial charge is 0.534 e. The van der Waals surface area contributed by atoms with Crippen molar-refractivity contribution in [1.29, 1.82) is 0 Å². The van der Waals surface area contributed by atoms with E-state index in [-0.39, 0.29) is 0 Å². The van der Waals surface area contributed by atoms with E-state index in [0.29, 0.717) is 24.4 Å². The molecule has 3 aromatic carbocycles. The van der Waals surface area contributed by atoms with Crippen LogP contribution in [0.2, 0.25) is 0 Å². The molecule has 0 radical (unpaired) electrons. The molecule has 0 fully saturated rings. The van der Waals surface area contributed by atoms with Crippen LogP contribution in [-0.4, -0.2) is 37.1 Å². The maximum atomic E-state index is 12.8. The van der Waals surface area contributed by atoms with Crippen molar-refractivity contribution in [3.8, 4) is 5.75 Å². The Morgan fingerprint density at radius 2 is 1.53 bits per heavy atom. The van der Waals surface area contributed by atoms with Gasteiger partial charge in [-0.25, -0.2) is 4.79 Å². The van der Waals surface area contributed by atoms with Crippen LogP contribution in [0, 0.1) is 0 Å². The van der Waals surface area contributed by atoms with Crippen molar-refractivity contribution in [1.82, 2.24) is 4.90 Å². The minimum Gasteiger partial charge on any atom is -0.444 e. The first kappa shape index (κ1) is 29.4. The summed E-state index contributed by atoms with van der Waals surface area (Å²) in [6.45, 7) is 6.30. The quantitative estimate of drug-likeness (QED) is 0.204. The fourth-order valence-electron chi connectivity index (χ4n) is 3.25. The smallest absolute Gasteiger partial charge is 0.444 e. The highest BCUT2D eigenvalue weighted by atomic mass is 32.2. The van der Waals surface area contributed by atoms with Crippen molar-refractivity contribution in [3.05, 3.63) is 90.0 Å². The van der Waals surface area contributed by atoms with E-state index in [2.05, 4.69) is 4.18 Å². The molecule has 0 aromatic heterocycles. The highest BCUT2D eigenvalue weighted by Crippen LogP contribution is 2.32. The summed E-state index contributed by atoms with van der Waals surface area (Å²) in [4.78, 5) is 15.8. The molecule has 0 aliphatic heterocycles. The van der Waals surface area contributed by atoms with Gasteiger partial charge in [0, 0.05) is 22.9 Å². The second kappa shape index (κ2) is 12.1. The van der Waals surface area contributed by atoms with Crippen LogP contribution in [0.5, 0.6) is 5.75 Å². The Hall–Kier alpha value is -3.18. The van der Waals surface area contributed by atoms with Gasteiger partial charge in [-0.05, 0) is 68.7 Å². The summed E-state index contributed by atoms with van der Waals surface area (Å²) < 4.78 is 70.1. The predicted molar refractivity (Wildman–Crippen MR) is 139 cm³/mol. The number of hydrogen-bond acceptors (Lipinski definition) is 6. The maximum Gasteiger partial charge on any atom is 0.534 e. The SMILES string of the molecule is CC(C)(C)OC(=O)N(CCc1ccc(Sc2cccc(OS(=O)(=O)C(F)(F)F)c2)cc1)Cc1ccccc1. The summed E-state index contributed by atoms with van der Waals surface area (Å²) in [5.74, 6) is -0.426. The second-order valence-electron chi connectivity index (χ2n) is 9.34. The molecule has 38 heavy (non-hydrogen) atoms. The number of amides is 1. The monoisotopic (exact) mass is 567 g/mol. The lowest BCUT2D eigenvalue weighted by atomic mass is 10.1. The fourth-order valence-corrected chi connectivity index (χ4v) is 4.57. The second-order valence-corrected chi connectivity index (χ2v) is 12.0. The maximum absolute atomic E-state index is 12.8. The van der Waals surface area contributed by atoms with E-state index in [1.54, 1.807) is 11.0 Å². The Bertz CT molecular complexity index is 1320. The van der Waals surface area contributed by atoms with Gasteiger partial charge in [0.05, 0.1) is 0 Å². The van der Waals surface area contributed by atoms with Gasteiger partial charge in [-0.15, -0.1) is 0 Å². The molecule has 0 saturated carbocycles. The number of carbonyl (C=O) groups is 1. The van der Waals surface area contributed by atoms with Crippen LogP contribution in [0.1, 0.15) is 31.9 Å². The van der Waals surface area contributed by atoms with Crippen molar-refractivity contribution in [2.24, 2.45) is 0 Å². The van der Waals surface area contributed by atoms with E-state index in [9.17, 15) is 26.4 Å². The summed E-state index contributed by atoms with van der Waals surface area (Å²) >= 11 is 1.24. The minimum absolute atomic E-state index is 0.400. The minimum atomic E-state index is -5.74. The fraction of sp³-hybridized carbons (Fsp3) is 0.296. The zero-order valence-corrected chi connectivity index (χ0v) is 22.7. The van der Waals surface area contributed by atoms with Crippen molar-refractivity contribution in [2.45, 2.75) is 54.6 Å². The number of ether oxygens (including phenoxy) is 1. The van der Waals surface area contributed by atoms with Gasteiger partial charge in [-0.3, -0.25) is 0 Å². The summed E-state index contributed by atoms with van der Waals surface area (Å²) in [5.41, 5.74) is -4.17. The van der Waals surface area contributed by atoms with E-state index in [4.69, 9.17) is 4.74 Å². The lowest BCUT2D eigenvalue weighted by Crippen LogP contribution is -2.37. The van der Waals surface area contributed by atoms with Crippen molar-refractivity contribution >= 4 is 28.0 Å². The van der Waals surface area contributed by atoms with Gasteiger partial charge in [0.2, 0.25) is 0 Å². The molecule has 11 heteroatoms. The topological polar surface area (TPSA) is 72.9 Å². The highest BCUT2D eigenvalue weighted by molar-refractivity contribution is 7.99. The molecule has 3 rings (SSSR count). The molecular weight excluding hydrogens is 539 g/mol. The molecule has 1 amide bonds. The van der Waals surface area contributed by atoms with Crippen molar-refractivity contribution in [3.63, 3.8) is 0 Å². The van der Waals surface area contributed by atoms with E-state index in [1.165, 1.54) is 23.9 Å². The lowest BCUT2D eigenvalue weighted by molar-refractivity contribution is -0.0500. The normalized spacial score (nSPS) is 12.2. The van der Waals surface area contributed by atoms with E-state index in [1.807, 2.05) is 75.4 Å². The van der Waals surface area contributed by atoms with Crippen LogP contribution in [0.25, 0.3) is 0 Å². The summed E-state index contributed by atoms with van der Waals surface area (Å²) in [6.07, 6.45) is 0.179. The average molecular weight is 568 g/mol. The molecule has 0 saturated heterocycles. The Balaban J connectivity index is 1.64. The molecule has 0 unspecified atom stereocenters. The number of nitrogens with zero attached hydrogens (tertiary/aromatic N) is 1. The summed E-state index contributed by atoms with van der Waals surface area (Å²) in [5, 5.41) is 0. The molecule has 3 aromatic rings. The van der Waals surface area contributed by atoms with Crippen molar-refractivity contribution in [2.75, 3.05) is 6.54 Å². The lowest BCUT2D eigenvalue weighted by Gasteiger charge is -2.27. The highest BCUT2D eigenvalue weighted by Gasteiger charge is 2.48. The van der Waals surface area contributed by atoms with Crippen LogP contribution >= 0.6 is 11.8 Å². The van der Waals surface area contributed by atoms with Gasteiger partial charge in [-0.1, -0.05) is 60.3 Å². The van der Waals surface area contributed by atoms with Crippen LogP contribution in [-0.2, 0) is 27.8 Å². The van der Waals surface area contributed by atoms with Crippen LogP contribution in [0.3, 0.4) is 0 Å². The first-order chi connectivity index (χ1) is 17.7. The Kier molecular flexibility index (Phi) is 9.37. The molecule has 204 valence electrons. The molecule has 0 heterocycles. The molecule has 0 aliphatic rings. The van der Waals surface area contributed by atoms with Crippen LogP contribution in [0.15, 0.2) is 88.7 Å². The van der Waals surface area contributed by atoms with E-state index < -0.39 is 33.1 Å². The van der Waals surface area contributed by atoms with Gasteiger partial charge < -0.3 is 13.8 Å². The van der Waals surface area contributed by atoms with Gasteiger partial charge in [0.25, 0.3) is 0 Å². The molecule has 6 nitrogen and oxygen atoms in total. The number of alkyl halides is 3. The van der Waals surface area contributed by atoms with Crippen LogP contribution < -0.4 is 4.18 Å². The van der Waals surface area contributed by atoms with Gasteiger partial charge in [-0.2, -0.15) is 21.6 Å². The Labute approximate surface area is 224 Å².